The Balaban J connectivity index is 0.00000196. The molecule has 0 spiro atoms. The molecule has 1 amide bonds. The quantitative estimate of drug-likeness (QED) is 0.750. The van der Waals surface area contributed by atoms with Crippen LogP contribution in [0.3, 0.4) is 0 Å². The van der Waals surface area contributed by atoms with Gasteiger partial charge in [-0.25, -0.2) is 13.4 Å². The van der Waals surface area contributed by atoms with Crippen molar-refractivity contribution in [3.8, 4) is 0 Å². The van der Waals surface area contributed by atoms with E-state index in [2.05, 4.69) is 11.9 Å². The number of carbonyl (C=O) groups is 1. The molecular formula is C18H28Cl2N4O3S. The monoisotopic (exact) mass is 450 g/mol. The molecule has 1 aliphatic rings. The first kappa shape index (κ1) is 24.7. The van der Waals surface area contributed by atoms with Gasteiger partial charge in [0.25, 0.3) is 0 Å². The number of sulfone groups is 1. The minimum absolute atomic E-state index is 0. The normalized spacial score (nSPS) is 19.8. The zero-order valence-electron chi connectivity index (χ0n) is 16.1. The number of nitrogens with zero attached hydrogens (tertiary/aromatic N) is 3. The first-order valence-corrected chi connectivity index (χ1v) is 11.0. The second-order valence-electron chi connectivity index (χ2n) is 7.28. The van der Waals surface area contributed by atoms with E-state index in [-0.39, 0.29) is 49.1 Å². The van der Waals surface area contributed by atoms with Gasteiger partial charge in [0.2, 0.25) is 5.91 Å². The average molecular weight is 451 g/mol. The smallest absolute Gasteiger partial charge is 0.242 e. The molecule has 1 saturated heterocycles. The van der Waals surface area contributed by atoms with Gasteiger partial charge in [-0.15, -0.1) is 24.8 Å². The molecule has 2 aromatic rings. The molecule has 158 valence electrons. The molecule has 0 saturated carbocycles. The largest absolute Gasteiger partial charge is 0.337 e. The summed E-state index contributed by atoms with van der Waals surface area (Å²) < 4.78 is 25.3. The molecule has 10 heteroatoms. The van der Waals surface area contributed by atoms with E-state index in [1.54, 1.807) is 4.57 Å². The molecule has 2 unspecified atom stereocenters. The summed E-state index contributed by atoms with van der Waals surface area (Å²) >= 11 is 0. The highest BCUT2D eigenvalue weighted by molar-refractivity contribution is 7.89. The molecule has 1 aromatic carbocycles. The fraction of sp³-hybridized carbons (Fsp3) is 0.556. The molecule has 28 heavy (non-hydrogen) atoms. The zero-order chi connectivity index (χ0) is 18.9. The lowest BCUT2D eigenvalue weighted by Crippen LogP contribution is -2.50. The number of fused-ring (bicyclic) bond motifs is 1. The molecule has 2 N–H and O–H groups in total. The number of rotatable bonds is 5. The van der Waals surface area contributed by atoms with Crippen LogP contribution in [-0.2, 0) is 26.9 Å². The number of hydrogen-bond acceptors (Lipinski definition) is 5. The molecular weight excluding hydrogens is 423 g/mol. The van der Waals surface area contributed by atoms with Crippen molar-refractivity contribution >= 4 is 51.6 Å². The Morgan fingerprint density at radius 3 is 2.61 bits per heavy atom. The molecule has 2 heterocycles. The first-order chi connectivity index (χ1) is 12.3. The molecule has 0 aliphatic carbocycles. The Morgan fingerprint density at radius 2 is 1.96 bits per heavy atom. The van der Waals surface area contributed by atoms with Crippen LogP contribution in [0, 0.1) is 5.92 Å². The van der Waals surface area contributed by atoms with Crippen LogP contribution in [0.2, 0.25) is 0 Å². The highest BCUT2D eigenvalue weighted by Crippen LogP contribution is 2.23. The predicted octanol–water partition coefficient (Wildman–Crippen LogP) is 2.01. The van der Waals surface area contributed by atoms with E-state index in [9.17, 15) is 13.2 Å². The van der Waals surface area contributed by atoms with Crippen LogP contribution >= 0.6 is 24.8 Å². The molecule has 3 rings (SSSR count). The second-order valence-corrected chi connectivity index (χ2v) is 9.42. The lowest BCUT2D eigenvalue weighted by molar-refractivity contribution is -0.135. The van der Waals surface area contributed by atoms with Gasteiger partial charge >= 0.3 is 0 Å². The van der Waals surface area contributed by atoms with Crippen molar-refractivity contribution in [2.24, 2.45) is 11.7 Å². The van der Waals surface area contributed by atoms with Gasteiger partial charge in [0.1, 0.15) is 18.1 Å². The lowest BCUT2D eigenvalue weighted by atomic mass is 9.92. The fourth-order valence-electron chi connectivity index (χ4n) is 3.68. The van der Waals surface area contributed by atoms with Crippen molar-refractivity contribution in [3.63, 3.8) is 0 Å². The molecule has 1 fully saturated rings. The third-order valence-electron chi connectivity index (χ3n) is 4.99. The van der Waals surface area contributed by atoms with Crippen molar-refractivity contribution in [2.45, 2.75) is 38.1 Å². The number of carbonyl (C=O) groups excluding carboxylic acids is 1. The van der Waals surface area contributed by atoms with E-state index in [0.29, 0.717) is 30.3 Å². The van der Waals surface area contributed by atoms with Gasteiger partial charge in [-0.2, -0.15) is 0 Å². The van der Waals surface area contributed by atoms with E-state index >= 15 is 0 Å². The van der Waals surface area contributed by atoms with Crippen LogP contribution in [0.5, 0.6) is 0 Å². The summed E-state index contributed by atoms with van der Waals surface area (Å²) in [5.74, 6) is 0.733. The maximum Gasteiger partial charge on any atom is 0.242 e. The van der Waals surface area contributed by atoms with Gasteiger partial charge in [-0.05, 0) is 30.9 Å². The van der Waals surface area contributed by atoms with E-state index in [1.807, 2.05) is 29.2 Å². The van der Waals surface area contributed by atoms with E-state index in [0.717, 1.165) is 18.4 Å². The number of halogens is 2. The highest BCUT2D eigenvalue weighted by atomic mass is 35.5. The van der Waals surface area contributed by atoms with Gasteiger partial charge in [0.05, 0.1) is 11.0 Å². The number of imidazole rings is 1. The molecule has 0 radical (unpaired) electrons. The summed E-state index contributed by atoms with van der Waals surface area (Å²) in [6, 6.07) is 7.44. The minimum Gasteiger partial charge on any atom is -0.337 e. The van der Waals surface area contributed by atoms with Crippen molar-refractivity contribution in [3.05, 3.63) is 30.1 Å². The first-order valence-electron chi connectivity index (χ1n) is 8.90. The maximum atomic E-state index is 13.0. The molecule has 1 aromatic heterocycles. The summed E-state index contributed by atoms with van der Waals surface area (Å²) in [5.41, 5.74) is 7.35. The third kappa shape index (κ3) is 5.59. The van der Waals surface area contributed by atoms with Crippen LogP contribution in [0.1, 0.15) is 25.6 Å². The Kier molecular flexibility index (Phi) is 8.74. The number of hydrogen-bond donors (Lipinski definition) is 1. The predicted molar refractivity (Wildman–Crippen MR) is 116 cm³/mol. The van der Waals surface area contributed by atoms with Crippen molar-refractivity contribution in [1.82, 2.24) is 14.5 Å². The summed E-state index contributed by atoms with van der Waals surface area (Å²) in [5, 5.41) is 0. The summed E-state index contributed by atoms with van der Waals surface area (Å²) in [6.45, 7) is 3.39. The number of piperidine rings is 1. The summed E-state index contributed by atoms with van der Waals surface area (Å²) in [4.78, 5) is 19.3. The van der Waals surface area contributed by atoms with Crippen LogP contribution in [0.25, 0.3) is 11.0 Å². The van der Waals surface area contributed by atoms with E-state index < -0.39 is 9.84 Å². The van der Waals surface area contributed by atoms with Crippen molar-refractivity contribution in [2.75, 3.05) is 19.3 Å². The van der Waals surface area contributed by atoms with E-state index in [4.69, 9.17) is 5.73 Å². The molecule has 2 atom stereocenters. The third-order valence-corrected chi connectivity index (χ3v) is 5.77. The van der Waals surface area contributed by atoms with Crippen molar-refractivity contribution in [1.29, 1.82) is 0 Å². The van der Waals surface area contributed by atoms with E-state index in [1.165, 1.54) is 6.26 Å². The lowest BCUT2D eigenvalue weighted by Gasteiger charge is -2.38. The number of likely N-dealkylation sites (tertiary alicyclic amines) is 1. The van der Waals surface area contributed by atoms with Crippen LogP contribution < -0.4 is 5.73 Å². The SMILES string of the molecule is CC1CCN(C(=O)Cn2c(CS(C)(=O)=O)nc3ccccc32)C(CN)C1.Cl.Cl. The summed E-state index contributed by atoms with van der Waals surface area (Å²) in [6.07, 6.45) is 3.04. The highest BCUT2D eigenvalue weighted by Gasteiger charge is 2.29. The van der Waals surface area contributed by atoms with Crippen LogP contribution in [0.15, 0.2) is 24.3 Å². The Bertz CT molecular complexity index is 917. The molecule has 1 aliphatic heterocycles. The fourth-order valence-corrected chi connectivity index (χ4v) is 4.37. The number of aromatic nitrogens is 2. The second kappa shape index (κ2) is 9.91. The maximum absolute atomic E-state index is 13.0. The number of amides is 1. The molecule has 7 nitrogen and oxygen atoms in total. The Labute approximate surface area is 178 Å². The van der Waals surface area contributed by atoms with Crippen molar-refractivity contribution < 1.29 is 13.2 Å². The number of nitrogens with two attached hydrogens (primary N) is 1. The zero-order valence-corrected chi connectivity index (χ0v) is 18.5. The standard InChI is InChI=1S/C18H26N4O3S.2ClH/c1-13-7-8-21(14(9-13)10-19)18(23)11-22-16-6-4-3-5-15(16)20-17(22)12-26(2,24)25;;/h3-6,13-14H,7-12,19H2,1-2H3;2*1H. The minimum atomic E-state index is -3.26. The number of benzene rings is 1. The number of para-hydroxylation sites is 2. The molecule has 0 bridgehead atoms. The average Bonchev–Trinajstić information content (AvgIpc) is 2.90. The van der Waals surface area contributed by atoms with Gasteiger partial charge in [0.15, 0.2) is 9.84 Å². The van der Waals surface area contributed by atoms with Gasteiger partial charge in [-0.1, -0.05) is 19.1 Å². The Morgan fingerprint density at radius 1 is 1.29 bits per heavy atom. The van der Waals surface area contributed by atoms with Crippen LogP contribution in [-0.4, -0.2) is 54.2 Å². The Hall–Kier alpha value is -1.35. The summed E-state index contributed by atoms with van der Waals surface area (Å²) in [7, 11) is -3.26. The van der Waals surface area contributed by atoms with Crippen LogP contribution in [0.4, 0.5) is 0 Å². The van der Waals surface area contributed by atoms with Gasteiger partial charge in [-0.3, -0.25) is 4.79 Å². The topological polar surface area (TPSA) is 98.3 Å². The van der Waals surface area contributed by atoms with Gasteiger partial charge < -0.3 is 15.2 Å². The van der Waals surface area contributed by atoms with Gasteiger partial charge in [0, 0.05) is 25.4 Å².